The largest absolute Gasteiger partial charge is 0.493 e. The first kappa shape index (κ1) is 28.7. The zero-order chi connectivity index (χ0) is 26.9. The summed E-state index contributed by atoms with van der Waals surface area (Å²) < 4.78 is 7.70. The summed E-state index contributed by atoms with van der Waals surface area (Å²) in [6.45, 7) is 8.60. The van der Waals surface area contributed by atoms with Crippen molar-refractivity contribution >= 4 is 28.5 Å². The quantitative estimate of drug-likeness (QED) is 0.588. The number of ketones is 1. The molecule has 2 aromatic rings. The smallest absolute Gasteiger partial charge is 0.244 e. The van der Waals surface area contributed by atoms with Crippen LogP contribution in [0.2, 0.25) is 0 Å². The lowest BCUT2D eigenvalue weighted by Gasteiger charge is -2.24. The standard InChI is InChI=1S/C29H44N4O4/c1-20(2)19-37-24-16-23-14-12-10-8-6-7-9-11-13-15-30-29(36)21(3)32(5)26(35)18-33-28(23)25(17-24)27(31-33)22(4)34/h16-17,20-21H,6-15,18-19H2,1-5H3,(H,30,36)/t21-/m0/s1. The van der Waals surface area contributed by atoms with Crippen LogP contribution in [-0.2, 0) is 22.6 Å². The Balaban J connectivity index is 2.00. The van der Waals surface area contributed by atoms with Crippen LogP contribution in [0.1, 0.15) is 95.1 Å². The first-order valence-electron chi connectivity index (χ1n) is 13.9. The van der Waals surface area contributed by atoms with Crippen LogP contribution < -0.4 is 10.1 Å². The first-order valence-corrected chi connectivity index (χ1v) is 13.9. The molecule has 1 aromatic heterocycles. The number of aromatic nitrogens is 2. The first-order chi connectivity index (χ1) is 17.7. The van der Waals surface area contributed by atoms with Crippen molar-refractivity contribution in [1.82, 2.24) is 20.0 Å². The van der Waals surface area contributed by atoms with Crippen LogP contribution in [0, 0.1) is 5.92 Å². The summed E-state index contributed by atoms with van der Waals surface area (Å²) in [7, 11) is 1.64. The van der Waals surface area contributed by atoms with Gasteiger partial charge in [-0.2, -0.15) is 5.10 Å². The van der Waals surface area contributed by atoms with E-state index in [1.54, 1.807) is 18.7 Å². The fourth-order valence-electron chi connectivity index (χ4n) is 4.78. The number of hydrogen-bond acceptors (Lipinski definition) is 5. The lowest BCUT2D eigenvalue weighted by atomic mass is 10.0. The van der Waals surface area contributed by atoms with Gasteiger partial charge in [0, 0.05) is 25.9 Å². The molecule has 8 nitrogen and oxygen atoms in total. The fourth-order valence-corrected chi connectivity index (χ4v) is 4.78. The van der Waals surface area contributed by atoms with Gasteiger partial charge < -0.3 is 15.0 Å². The van der Waals surface area contributed by atoms with Gasteiger partial charge in [0.1, 0.15) is 24.0 Å². The molecule has 1 aromatic carbocycles. The second kappa shape index (κ2) is 13.6. The minimum absolute atomic E-state index is 0.0445. The molecule has 0 aliphatic carbocycles. The average molecular weight is 513 g/mol. The van der Waals surface area contributed by atoms with Gasteiger partial charge in [-0.3, -0.25) is 19.1 Å². The molecule has 1 aliphatic heterocycles. The van der Waals surface area contributed by atoms with Crippen LogP contribution in [-0.4, -0.2) is 58.5 Å². The van der Waals surface area contributed by atoms with Crippen molar-refractivity contribution < 1.29 is 19.1 Å². The molecule has 1 atom stereocenters. The molecule has 3 rings (SSSR count). The maximum absolute atomic E-state index is 13.3. The Morgan fingerprint density at radius 2 is 1.73 bits per heavy atom. The summed E-state index contributed by atoms with van der Waals surface area (Å²) in [6, 6.07) is 3.32. The van der Waals surface area contributed by atoms with E-state index in [1.807, 2.05) is 12.1 Å². The van der Waals surface area contributed by atoms with Gasteiger partial charge in [0.25, 0.3) is 0 Å². The maximum atomic E-state index is 13.3. The minimum atomic E-state index is -0.598. The number of nitrogens with zero attached hydrogens (tertiary/aromatic N) is 3. The Kier molecular flexibility index (Phi) is 10.5. The molecule has 37 heavy (non-hydrogen) atoms. The van der Waals surface area contributed by atoms with Crippen LogP contribution in [0.3, 0.4) is 0 Å². The molecule has 204 valence electrons. The maximum Gasteiger partial charge on any atom is 0.244 e. The van der Waals surface area contributed by atoms with Crippen molar-refractivity contribution in [3.05, 3.63) is 23.4 Å². The molecular formula is C29H44N4O4. The van der Waals surface area contributed by atoms with E-state index in [4.69, 9.17) is 4.74 Å². The van der Waals surface area contributed by atoms with Gasteiger partial charge in [-0.25, -0.2) is 0 Å². The number of hydrogen-bond donors (Lipinski definition) is 1. The van der Waals surface area contributed by atoms with E-state index in [9.17, 15) is 14.4 Å². The Hall–Kier alpha value is -2.90. The third kappa shape index (κ3) is 7.79. The Bertz CT molecular complexity index is 1090. The molecule has 0 unspecified atom stereocenters. The monoisotopic (exact) mass is 512 g/mol. The second-order valence-corrected chi connectivity index (χ2v) is 10.8. The van der Waals surface area contributed by atoms with Crippen molar-refractivity contribution in [3.8, 4) is 5.75 Å². The van der Waals surface area contributed by atoms with E-state index in [2.05, 4.69) is 24.3 Å². The Morgan fingerprint density at radius 3 is 2.38 bits per heavy atom. The van der Waals surface area contributed by atoms with Crippen LogP contribution >= 0.6 is 0 Å². The third-order valence-electron chi connectivity index (χ3n) is 7.12. The molecule has 1 N–H and O–H groups in total. The molecule has 2 heterocycles. The summed E-state index contributed by atoms with van der Waals surface area (Å²) in [5.74, 6) is 0.559. The molecular weight excluding hydrogens is 468 g/mol. The number of aryl methyl sites for hydroxylation is 1. The van der Waals surface area contributed by atoms with Gasteiger partial charge >= 0.3 is 0 Å². The number of carbonyl (C=O) groups is 3. The van der Waals surface area contributed by atoms with E-state index >= 15 is 0 Å². The topological polar surface area (TPSA) is 93.5 Å². The van der Waals surface area contributed by atoms with Crippen molar-refractivity contribution in [2.45, 2.75) is 98.1 Å². The molecule has 0 saturated heterocycles. The molecule has 0 bridgehead atoms. The van der Waals surface area contributed by atoms with E-state index < -0.39 is 6.04 Å². The number of benzene rings is 1. The average Bonchev–Trinajstić information content (AvgIpc) is 3.22. The SMILES string of the molecule is CC(=O)c1nn2c3c(cc(OCC(C)C)cc13)CCCCCCCCCCNC(=O)[C@H](C)N(C)C(=O)C2. The van der Waals surface area contributed by atoms with Gasteiger partial charge in [0.2, 0.25) is 11.8 Å². The summed E-state index contributed by atoms with van der Waals surface area (Å²) in [4.78, 5) is 39.9. The molecule has 2 amide bonds. The number of ether oxygens (including phenoxy) is 1. The predicted octanol–water partition coefficient (Wildman–Crippen LogP) is 4.91. The highest BCUT2D eigenvalue weighted by molar-refractivity contribution is 6.06. The highest BCUT2D eigenvalue weighted by Crippen LogP contribution is 2.30. The molecule has 0 radical (unpaired) electrons. The molecule has 0 spiro atoms. The van der Waals surface area contributed by atoms with Crippen molar-refractivity contribution in [3.63, 3.8) is 0 Å². The van der Waals surface area contributed by atoms with Gasteiger partial charge in [-0.1, -0.05) is 52.4 Å². The normalized spacial score (nSPS) is 19.3. The van der Waals surface area contributed by atoms with E-state index in [0.29, 0.717) is 24.8 Å². The lowest BCUT2D eigenvalue weighted by molar-refractivity contribution is -0.138. The Labute approximate surface area is 221 Å². The molecule has 1 aliphatic rings. The highest BCUT2D eigenvalue weighted by Gasteiger charge is 2.25. The number of Topliss-reactive ketones (excluding diaryl/α,β-unsaturated/α-hetero) is 1. The molecule has 8 heteroatoms. The number of nitrogens with one attached hydrogen (secondary N) is 1. The minimum Gasteiger partial charge on any atom is -0.493 e. The lowest BCUT2D eigenvalue weighted by Crippen LogP contribution is -2.47. The van der Waals surface area contributed by atoms with Crippen LogP contribution in [0.5, 0.6) is 5.75 Å². The highest BCUT2D eigenvalue weighted by atomic mass is 16.5. The summed E-state index contributed by atoms with van der Waals surface area (Å²) in [5.41, 5.74) is 2.18. The summed E-state index contributed by atoms with van der Waals surface area (Å²) in [5, 5.41) is 8.27. The molecule has 0 fully saturated rings. The van der Waals surface area contributed by atoms with Crippen LogP contribution in [0.15, 0.2) is 12.1 Å². The zero-order valence-electron chi connectivity index (χ0n) is 23.3. The molecule has 0 saturated carbocycles. The van der Waals surface area contributed by atoms with E-state index in [-0.39, 0.29) is 24.1 Å². The van der Waals surface area contributed by atoms with E-state index in [1.165, 1.54) is 37.5 Å². The van der Waals surface area contributed by atoms with Gasteiger partial charge in [-0.05, 0) is 49.8 Å². The van der Waals surface area contributed by atoms with Crippen molar-refractivity contribution in [1.29, 1.82) is 0 Å². The number of carbonyl (C=O) groups excluding carboxylic acids is 3. The van der Waals surface area contributed by atoms with Crippen molar-refractivity contribution in [2.75, 3.05) is 20.2 Å². The fraction of sp³-hybridized carbons (Fsp3) is 0.655. The zero-order valence-corrected chi connectivity index (χ0v) is 23.3. The second-order valence-electron chi connectivity index (χ2n) is 10.8. The van der Waals surface area contributed by atoms with Gasteiger partial charge in [-0.15, -0.1) is 0 Å². The Morgan fingerprint density at radius 1 is 1.08 bits per heavy atom. The van der Waals surface area contributed by atoms with Crippen LogP contribution in [0.4, 0.5) is 0 Å². The third-order valence-corrected chi connectivity index (χ3v) is 7.12. The van der Waals surface area contributed by atoms with Gasteiger partial charge in [0.15, 0.2) is 5.78 Å². The number of rotatable bonds is 4. The summed E-state index contributed by atoms with van der Waals surface area (Å²) in [6.07, 6.45) is 9.79. The van der Waals surface area contributed by atoms with Gasteiger partial charge in [0.05, 0.1) is 12.1 Å². The predicted molar refractivity (Wildman–Crippen MR) is 146 cm³/mol. The van der Waals surface area contributed by atoms with Crippen molar-refractivity contribution in [2.24, 2.45) is 5.92 Å². The number of likely N-dealkylation sites (N-methyl/N-ethyl adjacent to an activating group) is 1. The van der Waals surface area contributed by atoms with E-state index in [0.717, 1.165) is 54.3 Å². The number of amides is 2. The van der Waals surface area contributed by atoms with Crippen LogP contribution in [0.25, 0.3) is 10.9 Å². The summed E-state index contributed by atoms with van der Waals surface area (Å²) >= 11 is 0.